The number of aromatic amines is 1. The van der Waals surface area contributed by atoms with Gasteiger partial charge in [-0.1, -0.05) is 34.1 Å². The minimum Gasteiger partial charge on any atom is -0.305 e. The van der Waals surface area contributed by atoms with Gasteiger partial charge in [-0.3, -0.25) is 14.5 Å². The molecule has 11 heteroatoms. The highest BCUT2D eigenvalue weighted by Crippen LogP contribution is 2.27. The number of hydrogen-bond acceptors (Lipinski definition) is 7. The zero-order chi connectivity index (χ0) is 25.3. The predicted octanol–water partition coefficient (Wildman–Crippen LogP) is 2.20. The molecule has 10 nitrogen and oxygen atoms in total. The van der Waals surface area contributed by atoms with E-state index in [9.17, 15) is 13.2 Å². The van der Waals surface area contributed by atoms with Gasteiger partial charge in [0.1, 0.15) is 16.2 Å². The van der Waals surface area contributed by atoms with Crippen molar-refractivity contribution in [2.75, 3.05) is 32.7 Å². The fourth-order valence-electron chi connectivity index (χ4n) is 4.57. The summed E-state index contributed by atoms with van der Waals surface area (Å²) < 4.78 is 30.2. The first-order chi connectivity index (χ1) is 16.6. The molecule has 0 aromatic carbocycles. The van der Waals surface area contributed by atoms with Gasteiger partial charge in [0.15, 0.2) is 5.52 Å². The Balaban J connectivity index is 1.83. The Morgan fingerprint density at radius 2 is 1.83 bits per heavy atom. The third kappa shape index (κ3) is 5.03. The molecule has 0 unspecified atom stereocenters. The Kier molecular flexibility index (Phi) is 7.39. The molecule has 190 valence electrons. The second-order valence-electron chi connectivity index (χ2n) is 9.53. The van der Waals surface area contributed by atoms with Gasteiger partial charge in [0, 0.05) is 45.0 Å². The van der Waals surface area contributed by atoms with Crippen LogP contribution in [0, 0.1) is 5.92 Å². The van der Waals surface area contributed by atoms with Crippen molar-refractivity contribution >= 4 is 21.1 Å². The summed E-state index contributed by atoms with van der Waals surface area (Å²) in [6.07, 6.45) is 3.68. The first-order valence-corrected chi connectivity index (χ1v) is 13.8. The molecule has 3 aromatic rings. The van der Waals surface area contributed by atoms with E-state index in [1.54, 1.807) is 10.7 Å². The van der Waals surface area contributed by atoms with Crippen LogP contribution in [-0.2, 0) is 29.9 Å². The minimum atomic E-state index is -3.73. The van der Waals surface area contributed by atoms with Crippen LogP contribution in [0.5, 0.6) is 0 Å². The smallest absolute Gasteiger partial charge is 0.279 e. The molecule has 0 aliphatic carbocycles. The number of aryl methyl sites for hydroxylation is 2. The Labute approximate surface area is 206 Å². The molecule has 0 radical (unpaired) electrons. The SMILES string of the molecule is CCCc1c2nc(-c3cc(S(=O)(=O)N4CCN(CC)CC4)cnc3CC(C)C)[nH]c(=O)c2nn1C. The lowest BCUT2D eigenvalue weighted by atomic mass is 10.0. The van der Waals surface area contributed by atoms with Crippen LogP contribution >= 0.6 is 0 Å². The van der Waals surface area contributed by atoms with Gasteiger partial charge in [-0.15, -0.1) is 0 Å². The van der Waals surface area contributed by atoms with Crippen molar-refractivity contribution in [3.05, 3.63) is 34.0 Å². The molecule has 0 atom stereocenters. The number of pyridine rings is 1. The normalized spacial score (nSPS) is 15.9. The van der Waals surface area contributed by atoms with E-state index in [-0.39, 0.29) is 21.9 Å². The standard InChI is InChI=1S/C24H35N7O3S/c1-6-8-20-21-22(28-29(20)5)24(32)27-23(26-21)18-14-17(15-25-19(18)13-16(3)4)35(33,34)31-11-9-30(7-2)10-12-31/h14-16H,6-13H2,1-5H3,(H,26,27,32). The Morgan fingerprint density at radius 3 is 2.46 bits per heavy atom. The minimum absolute atomic E-state index is 0.118. The summed E-state index contributed by atoms with van der Waals surface area (Å²) in [5, 5.41) is 4.36. The summed E-state index contributed by atoms with van der Waals surface area (Å²) in [4.78, 5) is 27.5. The molecule has 35 heavy (non-hydrogen) atoms. The highest BCUT2D eigenvalue weighted by atomic mass is 32.2. The van der Waals surface area contributed by atoms with E-state index < -0.39 is 10.0 Å². The van der Waals surface area contributed by atoms with Crippen molar-refractivity contribution in [2.45, 2.75) is 51.9 Å². The van der Waals surface area contributed by atoms with E-state index in [4.69, 9.17) is 4.98 Å². The van der Waals surface area contributed by atoms with Crippen molar-refractivity contribution in [3.63, 3.8) is 0 Å². The summed E-state index contributed by atoms with van der Waals surface area (Å²) in [7, 11) is -1.92. The van der Waals surface area contributed by atoms with Crippen LogP contribution in [0.2, 0.25) is 0 Å². The van der Waals surface area contributed by atoms with Gasteiger partial charge in [0.2, 0.25) is 10.0 Å². The number of nitrogens with zero attached hydrogens (tertiary/aromatic N) is 6. The van der Waals surface area contributed by atoms with Gasteiger partial charge in [-0.25, -0.2) is 13.4 Å². The quantitative estimate of drug-likeness (QED) is 0.503. The Bertz CT molecular complexity index is 1370. The zero-order valence-corrected chi connectivity index (χ0v) is 22.0. The molecule has 1 aliphatic heterocycles. The van der Waals surface area contributed by atoms with Gasteiger partial charge in [-0.05, 0) is 31.4 Å². The van der Waals surface area contributed by atoms with Crippen molar-refractivity contribution in [3.8, 4) is 11.4 Å². The maximum Gasteiger partial charge on any atom is 0.279 e. The van der Waals surface area contributed by atoms with Gasteiger partial charge in [0.05, 0.1) is 11.4 Å². The molecule has 0 saturated carbocycles. The van der Waals surface area contributed by atoms with Gasteiger partial charge >= 0.3 is 0 Å². The molecular formula is C24H35N7O3S. The molecule has 4 rings (SSSR count). The highest BCUT2D eigenvalue weighted by molar-refractivity contribution is 7.89. The highest BCUT2D eigenvalue weighted by Gasteiger charge is 2.29. The average molecular weight is 502 g/mol. The Hall–Kier alpha value is -2.63. The van der Waals surface area contributed by atoms with Crippen LogP contribution in [0.1, 0.15) is 45.5 Å². The Morgan fingerprint density at radius 1 is 1.11 bits per heavy atom. The average Bonchev–Trinajstić information content (AvgIpc) is 3.15. The lowest BCUT2D eigenvalue weighted by Gasteiger charge is -2.33. The van der Waals surface area contributed by atoms with E-state index in [1.807, 2.05) is 7.05 Å². The topological polar surface area (TPSA) is 117 Å². The summed E-state index contributed by atoms with van der Waals surface area (Å²) in [5.74, 6) is 0.610. The van der Waals surface area contributed by atoms with E-state index in [1.165, 1.54) is 10.5 Å². The number of fused-ring (bicyclic) bond motifs is 1. The van der Waals surface area contributed by atoms with E-state index in [0.717, 1.165) is 25.1 Å². The molecule has 1 aliphatic rings. The summed E-state index contributed by atoms with van der Waals surface area (Å²) in [6.45, 7) is 11.5. The molecule has 0 bridgehead atoms. The van der Waals surface area contributed by atoms with Crippen LogP contribution in [-0.4, -0.2) is 75.1 Å². The molecule has 1 N–H and O–H groups in total. The summed E-state index contributed by atoms with van der Waals surface area (Å²) in [6, 6.07) is 1.62. The second kappa shape index (κ2) is 10.2. The fraction of sp³-hybridized carbons (Fsp3) is 0.583. The van der Waals surface area contributed by atoms with Crippen LogP contribution in [0.4, 0.5) is 0 Å². The van der Waals surface area contributed by atoms with E-state index in [0.29, 0.717) is 55.2 Å². The maximum atomic E-state index is 13.5. The summed E-state index contributed by atoms with van der Waals surface area (Å²) in [5.41, 5.74) is 2.62. The number of H-pyrrole nitrogens is 1. The number of likely N-dealkylation sites (N-methyl/N-ethyl adjacent to an activating group) is 1. The van der Waals surface area contributed by atoms with Gasteiger partial charge < -0.3 is 9.88 Å². The molecule has 0 amide bonds. The third-order valence-electron chi connectivity index (χ3n) is 6.51. The molecule has 1 saturated heterocycles. The fourth-order valence-corrected chi connectivity index (χ4v) is 5.97. The number of nitrogens with one attached hydrogen (secondary N) is 1. The van der Waals surface area contributed by atoms with E-state index in [2.05, 4.69) is 47.7 Å². The van der Waals surface area contributed by atoms with Crippen molar-refractivity contribution in [2.24, 2.45) is 13.0 Å². The number of sulfonamides is 1. The molecule has 1 fully saturated rings. The first kappa shape index (κ1) is 25.5. The number of hydrogen-bond donors (Lipinski definition) is 1. The molecule has 3 aromatic heterocycles. The van der Waals surface area contributed by atoms with Crippen LogP contribution < -0.4 is 5.56 Å². The second-order valence-corrected chi connectivity index (χ2v) is 11.5. The largest absolute Gasteiger partial charge is 0.305 e. The van der Waals surface area contributed by atoms with Crippen LogP contribution in [0.3, 0.4) is 0 Å². The van der Waals surface area contributed by atoms with Crippen molar-refractivity contribution in [1.29, 1.82) is 0 Å². The molecular weight excluding hydrogens is 466 g/mol. The lowest BCUT2D eigenvalue weighted by molar-refractivity contribution is 0.196. The lowest BCUT2D eigenvalue weighted by Crippen LogP contribution is -2.48. The maximum absolute atomic E-state index is 13.5. The van der Waals surface area contributed by atoms with Crippen LogP contribution in [0.15, 0.2) is 22.0 Å². The first-order valence-electron chi connectivity index (χ1n) is 12.3. The van der Waals surface area contributed by atoms with Crippen molar-refractivity contribution in [1.82, 2.24) is 33.9 Å². The summed E-state index contributed by atoms with van der Waals surface area (Å²) >= 11 is 0. The monoisotopic (exact) mass is 501 g/mol. The third-order valence-corrected chi connectivity index (χ3v) is 8.38. The van der Waals surface area contributed by atoms with Crippen molar-refractivity contribution < 1.29 is 8.42 Å². The number of rotatable bonds is 8. The van der Waals surface area contributed by atoms with Gasteiger partial charge in [-0.2, -0.15) is 9.40 Å². The molecule has 0 spiro atoms. The van der Waals surface area contributed by atoms with Gasteiger partial charge in [0.25, 0.3) is 5.56 Å². The van der Waals surface area contributed by atoms with Crippen LogP contribution in [0.25, 0.3) is 22.4 Å². The predicted molar refractivity (Wildman–Crippen MR) is 136 cm³/mol. The molecule has 4 heterocycles. The zero-order valence-electron chi connectivity index (χ0n) is 21.2. The number of aromatic nitrogens is 5. The number of piperazine rings is 1. The van der Waals surface area contributed by atoms with E-state index >= 15 is 0 Å².